The molecular weight excluding hydrogens is 237 g/mol. The molecule has 18 heavy (non-hydrogen) atoms. The normalized spacial score (nSPS) is 10.3. The first-order valence-electron chi connectivity index (χ1n) is 5.16. The first-order valence-corrected chi connectivity index (χ1v) is 5.16. The van der Waals surface area contributed by atoms with E-state index in [9.17, 15) is 14.5 Å². The molecule has 0 saturated heterocycles. The number of pyridine rings is 1. The highest BCUT2D eigenvalue weighted by atomic mass is 19.1. The van der Waals surface area contributed by atoms with Crippen LogP contribution in [0.4, 0.5) is 15.9 Å². The lowest BCUT2D eigenvalue weighted by Crippen LogP contribution is -1.99. The summed E-state index contributed by atoms with van der Waals surface area (Å²) >= 11 is 0. The minimum atomic E-state index is -0.608. The van der Waals surface area contributed by atoms with Gasteiger partial charge in [0.2, 0.25) is 0 Å². The van der Waals surface area contributed by atoms with Crippen LogP contribution in [0.2, 0.25) is 0 Å². The molecule has 2 rings (SSSR count). The molecule has 92 valence electrons. The fourth-order valence-corrected chi connectivity index (χ4v) is 1.63. The number of aryl methyl sites for hydroxylation is 1. The molecule has 1 aromatic carbocycles. The Hall–Kier alpha value is -2.50. The lowest BCUT2D eigenvalue weighted by atomic mass is 10.1. The zero-order chi connectivity index (χ0) is 13.3. The third-order valence-corrected chi connectivity index (χ3v) is 2.47. The highest BCUT2D eigenvalue weighted by molar-refractivity contribution is 5.72. The Labute approximate surface area is 102 Å². The van der Waals surface area contributed by atoms with Crippen molar-refractivity contribution in [3.63, 3.8) is 0 Å². The number of aromatic nitrogens is 1. The van der Waals surface area contributed by atoms with Crippen LogP contribution in [0, 0.1) is 22.9 Å². The van der Waals surface area contributed by atoms with Crippen LogP contribution in [-0.4, -0.2) is 9.91 Å². The average Bonchev–Trinajstić information content (AvgIpc) is 2.31. The molecule has 0 aliphatic carbocycles. The summed E-state index contributed by atoms with van der Waals surface area (Å²) < 4.78 is 13.7. The number of benzene rings is 1. The van der Waals surface area contributed by atoms with Crippen molar-refractivity contribution in [2.75, 3.05) is 5.73 Å². The van der Waals surface area contributed by atoms with E-state index in [-0.39, 0.29) is 22.8 Å². The number of nitrogens with zero attached hydrogens (tertiary/aromatic N) is 2. The Kier molecular flexibility index (Phi) is 2.93. The number of rotatable bonds is 2. The predicted molar refractivity (Wildman–Crippen MR) is 65.4 cm³/mol. The Balaban J connectivity index is 2.73. The Morgan fingerprint density at radius 3 is 2.72 bits per heavy atom. The van der Waals surface area contributed by atoms with Gasteiger partial charge in [-0.1, -0.05) is 11.6 Å². The monoisotopic (exact) mass is 247 g/mol. The van der Waals surface area contributed by atoms with Gasteiger partial charge in [-0.05, 0) is 25.1 Å². The van der Waals surface area contributed by atoms with E-state index in [1.54, 1.807) is 13.0 Å². The van der Waals surface area contributed by atoms with E-state index in [4.69, 9.17) is 5.73 Å². The summed E-state index contributed by atoms with van der Waals surface area (Å²) in [6.07, 6.45) is 0. The number of nitrogen functional groups attached to an aromatic ring is 1. The van der Waals surface area contributed by atoms with Crippen molar-refractivity contribution in [1.29, 1.82) is 0 Å². The maximum atomic E-state index is 13.7. The molecule has 2 aromatic rings. The van der Waals surface area contributed by atoms with Crippen LogP contribution < -0.4 is 5.73 Å². The van der Waals surface area contributed by atoms with Gasteiger partial charge >= 0.3 is 0 Å². The highest BCUT2D eigenvalue weighted by Gasteiger charge is 2.20. The summed E-state index contributed by atoms with van der Waals surface area (Å²) in [5, 5.41) is 10.9. The number of anilines is 1. The Morgan fingerprint density at radius 2 is 2.06 bits per heavy atom. The second-order valence-electron chi connectivity index (χ2n) is 3.84. The number of nitro groups is 1. The standard InChI is InChI=1S/C12H10FN3O2/c1-7-2-3-9(13)8(6-7)12-10(16(17)18)4-5-11(14)15-12/h2-6H,1H3,(H2,14,15). The molecule has 0 fully saturated rings. The largest absolute Gasteiger partial charge is 0.384 e. The molecule has 1 heterocycles. The fraction of sp³-hybridized carbons (Fsp3) is 0.0833. The smallest absolute Gasteiger partial charge is 0.295 e. The van der Waals surface area contributed by atoms with Crippen molar-refractivity contribution in [3.05, 3.63) is 51.8 Å². The van der Waals surface area contributed by atoms with Gasteiger partial charge in [0.25, 0.3) is 5.69 Å². The van der Waals surface area contributed by atoms with Crippen LogP contribution in [-0.2, 0) is 0 Å². The van der Waals surface area contributed by atoms with Crippen molar-refractivity contribution in [2.24, 2.45) is 0 Å². The summed E-state index contributed by atoms with van der Waals surface area (Å²) in [6.45, 7) is 1.76. The van der Waals surface area contributed by atoms with E-state index >= 15 is 0 Å². The van der Waals surface area contributed by atoms with Gasteiger partial charge in [0, 0.05) is 11.6 Å². The quantitative estimate of drug-likeness (QED) is 0.653. The number of halogens is 1. The maximum Gasteiger partial charge on any atom is 0.295 e. The van der Waals surface area contributed by atoms with E-state index in [1.807, 2.05) is 0 Å². The van der Waals surface area contributed by atoms with Gasteiger partial charge in [0.15, 0.2) is 5.69 Å². The second kappa shape index (κ2) is 4.40. The molecule has 0 spiro atoms. The maximum absolute atomic E-state index is 13.7. The van der Waals surface area contributed by atoms with Crippen LogP contribution in [0.3, 0.4) is 0 Å². The molecule has 0 radical (unpaired) electrons. The zero-order valence-corrected chi connectivity index (χ0v) is 9.55. The SMILES string of the molecule is Cc1ccc(F)c(-c2nc(N)ccc2[N+](=O)[O-])c1. The highest BCUT2D eigenvalue weighted by Crippen LogP contribution is 2.31. The van der Waals surface area contributed by atoms with Crippen molar-refractivity contribution in [3.8, 4) is 11.3 Å². The van der Waals surface area contributed by atoms with Gasteiger partial charge in [-0.15, -0.1) is 0 Å². The average molecular weight is 247 g/mol. The molecule has 0 aliphatic rings. The Bertz CT molecular complexity index is 629. The number of nitrogens with two attached hydrogens (primary N) is 1. The summed E-state index contributed by atoms with van der Waals surface area (Å²) in [6, 6.07) is 6.87. The van der Waals surface area contributed by atoms with Crippen LogP contribution in [0.25, 0.3) is 11.3 Å². The van der Waals surface area contributed by atoms with Crippen LogP contribution in [0.5, 0.6) is 0 Å². The lowest BCUT2D eigenvalue weighted by Gasteiger charge is -2.05. The van der Waals surface area contributed by atoms with Crippen LogP contribution in [0.1, 0.15) is 5.56 Å². The van der Waals surface area contributed by atoms with E-state index in [2.05, 4.69) is 4.98 Å². The van der Waals surface area contributed by atoms with Gasteiger partial charge in [0.1, 0.15) is 11.6 Å². The zero-order valence-electron chi connectivity index (χ0n) is 9.55. The first-order chi connectivity index (χ1) is 8.49. The molecule has 0 saturated carbocycles. The molecule has 6 heteroatoms. The molecule has 0 bridgehead atoms. The van der Waals surface area contributed by atoms with E-state index in [0.29, 0.717) is 0 Å². The molecule has 0 amide bonds. The molecule has 1 aromatic heterocycles. The summed E-state index contributed by atoms with van der Waals surface area (Å²) in [5.41, 5.74) is 6.03. The topological polar surface area (TPSA) is 82.0 Å². The van der Waals surface area contributed by atoms with Crippen LogP contribution in [0.15, 0.2) is 30.3 Å². The van der Waals surface area contributed by atoms with Gasteiger partial charge in [0.05, 0.1) is 4.92 Å². The van der Waals surface area contributed by atoms with Crippen molar-refractivity contribution in [2.45, 2.75) is 6.92 Å². The third-order valence-electron chi connectivity index (χ3n) is 2.47. The summed E-state index contributed by atoms with van der Waals surface area (Å²) in [7, 11) is 0. The summed E-state index contributed by atoms with van der Waals surface area (Å²) in [4.78, 5) is 14.2. The van der Waals surface area contributed by atoms with E-state index in [1.165, 1.54) is 24.3 Å². The minimum Gasteiger partial charge on any atom is -0.384 e. The molecule has 0 atom stereocenters. The van der Waals surface area contributed by atoms with Gasteiger partial charge in [-0.3, -0.25) is 10.1 Å². The molecular formula is C12H10FN3O2. The number of hydrogen-bond acceptors (Lipinski definition) is 4. The Morgan fingerprint density at radius 1 is 1.33 bits per heavy atom. The van der Waals surface area contributed by atoms with Crippen molar-refractivity contribution in [1.82, 2.24) is 4.98 Å². The minimum absolute atomic E-state index is 0.0544. The third kappa shape index (κ3) is 2.13. The fourth-order valence-electron chi connectivity index (χ4n) is 1.63. The molecule has 0 unspecified atom stereocenters. The van der Waals surface area contributed by atoms with Crippen molar-refractivity contribution < 1.29 is 9.31 Å². The van der Waals surface area contributed by atoms with Gasteiger partial charge in [-0.25, -0.2) is 9.37 Å². The second-order valence-corrected chi connectivity index (χ2v) is 3.84. The van der Waals surface area contributed by atoms with E-state index < -0.39 is 10.7 Å². The molecule has 0 aliphatic heterocycles. The van der Waals surface area contributed by atoms with Gasteiger partial charge < -0.3 is 5.73 Å². The predicted octanol–water partition coefficient (Wildman–Crippen LogP) is 2.69. The van der Waals surface area contributed by atoms with Crippen molar-refractivity contribution >= 4 is 11.5 Å². The number of hydrogen-bond donors (Lipinski definition) is 1. The van der Waals surface area contributed by atoms with E-state index in [0.717, 1.165) is 5.56 Å². The van der Waals surface area contributed by atoms with Gasteiger partial charge in [-0.2, -0.15) is 0 Å². The molecule has 2 N–H and O–H groups in total. The summed E-state index contributed by atoms with van der Waals surface area (Å²) in [5.74, 6) is -0.460. The van der Waals surface area contributed by atoms with Crippen LogP contribution >= 0.6 is 0 Å². The molecule has 5 nitrogen and oxygen atoms in total. The lowest BCUT2D eigenvalue weighted by molar-refractivity contribution is -0.384. The first kappa shape index (κ1) is 12.0.